The first-order chi connectivity index (χ1) is 15.5. The summed E-state index contributed by atoms with van der Waals surface area (Å²) in [5, 5.41) is 5.18. The van der Waals surface area contributed by atoms with Crippen LogP contribution in [0.5, 0.6) is 11.5 Å². The van der Waals surface area contributed by atoms with Crippen LogP contribution in [0.15, 0.2) is 56.6 Å². The number of para-hydroxylation sites is 1. The zero-order valence-electron chi connectivity index (χ0n) is 17.5. The van der Waals surface area contributed by atoms with Crippen molar-refractivity contribution in [2.75, 3.05) is 19.5 Å². The molecule has 9 heteroatoms. The van der Waals surface area contributed by atoms with Crippen molar-refractivity contribution in [1.82, 2.24) is 9.97 Å². The lowest BCUT2D eigenvalue weighted by molar-refractivity contribution is -0.116. The smallest absolute Gasteiger partial charge is 0.327 e. The predicted octanol–water partition coefficient (Wildman–Crippen LogP) is 3.10. The second kappa shape index (κ2) is 7.83. The molecular formula is C23H21N3O5S. The van der Waals surface area contributed by atoms with Crippen molar-refractivity contribution >= 4 is 22.9 Å². The number of H-pyrrole nitrogens is 2. The fraction of sp³-hybridized carbons (Fsp3) is 0.261. The molecule has 8 nitrogen and oxygen atoms in total. The fourth-order valence-corrected chi connectivity index (χ4v) is 5.56. The summed E-state index contributed by atoms with van der Waals surface area (Å²) in [4.78, 5) is 44.6. The number of benzene rings is 1. The topological polar surface area (TPSA) is 113 Å². The van der Waals surface area contributed by atoms with Crippen molar-refractivity contribution in [2.45, 2.75) is 24.7 Å². The maximum Gasteiger partial charge on any atom is 0.327 e. The summed E-state index contributed by atoms with van der Waals surface area (Å²) in [7, 11) is 3.05. The number of hydrogen-bond acceptors (Lipinski definition) is 7. The predicted molar refractivity (Wildman–Crippen MR) is 121 cm³/mol. The number of aromatic nitrogens is 2. The number of ketones is 1. The molecule has 1 aliphatic carbocycles. The van der Waals surface area contributed by atoms with Crippen LogP contribution in [0.4, 0.5) is 5.82 Å². The van der Waals surface area contributed by atoms with Crippen LogP contribution in [0.1, 0.15) is 40.7 Å². The number of carbonyl (C=O) groups is 1. The molecule has 0 spiro atoms. The molecule has 164 valence electrons. The van der Waals surface area contributed by atoms with Gasteiger partial charge in [-0.15, -0.1) is 11.3 Å². The minimum atomic E-state index is -0.705. The first-order valence-electron chi connectivity index (χ1n) is 10.2. The first-order valence-corrected chi connectivity index (χ1v) is 11.0. The molecule has 5 rings (SSSR count). The fourth-order valence-electron chi connectivity index (χ4n) is 4.72. The average molecular weight is 452 g/mol. The van der Waals surface area contributed by atoms with Gasteiger partial charge in [0, 0.05) is 34.0 Å². The molecule has 3 aromatic rings. The maximum absolute atomic E-state index is 13.5. The molecule has 0 bridgehead atoms. The molecule has 3 N–H and O–H groups in total. The van der Waals surface area contributed by atoms with Crippen molar-refractivity contribution in [2.24, 2.45) is 0 Å². The van der Waals surface area contributed by atoms with E-state index in [-0.39, 0.29) is 17.3 Å². The van der Waals surface area contributed by atoms with Gasteiger partial charge >= 0.3 is 5.69 Å². The van der Waals surface area contributed by atoms with Gasteiger partial charge in [-0.1, -0.05) is 18.2 Å². The molecule has 0 saturated heterocycles. The minimum absolute atomic E-state index is 0.0386. The summed E-state index contributed by atoms with van der Waals surface area (Å²) in [6, 6.07) is 9.36. The van der Waals surface area contributed by atoms with E-state index in [1.165, 1.54) is 14.2 Å². The standard InChI is InChI=1S/C23H21N3O5S/c1-30-15-6-3-5-12(20(15)31-2)17-18-13(24-21-19(17)22(28)26-23(29)25-21)9-11(10-14(18)27)16-7-4-8-32-16/h3-8,11,17H,9-10H2,1-2H3,(H3,24,25,26,28,29)/t11-,17-/m1/s1. The molecule has 0 radical (unpaired) electrons. The molecular weight excluding hydrogens is 430 g/mol. The molecule has 0 saturated carbocycles. The third-order valence-corrected chi connectivity index (χ3v) is 7.07. The number of Topliss-reactive ketones (excluding diaryl/α,β-unsaturated/α-hetero) is 1. The molecule has 2 aliphatic rings. The highest BCUT2D eigenvalue weighted by atomic mass is 32.1. The average Bonchev–Trinajstić information content (AvgIpc) is 3.31. The summed E-state index contributed by atoms with van der Waals surface area (Å²) in [5.74, 6) is 0.530. The van der Waals surface area contributed by atoms with Crippen molar-refractivity contribution in [3.8, 4) is 11.5 Å². The normalized spacial score (nSPS) is 19.8. The van der Waals surface area contributed by atoms with E-state index >= 15 is 0 Å². The Morgan fingerprint density at radius 2 is 1.84 bits per heavy atom. The zero-order valence-corrected chi connectivity index (χ0v) is 18.3. The summed E-state index contributed by atoms with van der Waals surface area (Å²) in [6.45, 7) is 0. The molecule has 0 unspecified atom stereocenters. The van der Waals surface area contributed by atoms with Crippen LogP contribution in [-0.2, 0) is 4.79 Å². The number of hydrogen-bond donors (Lipinski definition) is 3. The lowest BCUT2D eigenvalue weighted by Gasteiger charge is -2.35. The monoisotopic (exact) mass is 451 g/mol. The first kappa shape index (κ1) is 20.3. The molecule has 1 aromatic carbocycles. The number of rotatable bonds is 4. The quantitative estimate of drug-likeness (QED) is 0.562. The van der Waals surface area contributed by atoms with Gasteiger partial charge in [0.25, 0.3) is 5.56 Å². The Bertz CT molecular complexity index is 1350. The zero-order chi connectivity index (χ0) is 22.4. The summed E-state index contributed by atoms with van der Waals surface area (Å²) < 4.78 is 11.1. The highest BCUT2D eigenvalue weighted by Crippen LogP contribution is 2.49. The van der Waals surface area contributed by atoms with Crippen molar-refractivity contribution in [1.29, 1.82) is 0 Å². The SMILES string of the molecule is COc1cccc([C@@H]2C3=C(C[C@@H](c4cccs4)CC3=O)Nc3[nH]c(=O)[nH]c(=O)c32)c1OC. The number of fused-ring (bicyclic) bond motifs is 1. The molecule has 3 heterocycles. The van der Waals surface area contributed by atoms with Crippen LogP contribution >= 0.6 is 11.3 Å². The van der Waals surface area contributed by atoms with Crippen molar-refractivity contribution in [3.05, 3.63) is 83.8 Å². The molecule has 2 atom stereocenters. The molecule has 32 heavy (non-hydrogen) atoms. The van der Waals surface area contributed by atoms with E-state index in [0.29, 0.717) is 47.0 Å². The summed E-state index contributed by atoms with van der Waals surface area (Å²) in [5.41, 5.74) is 0.975. The second-order valence-corrected chi connectivity index (χ2v) is 8.75. The van der Waals surface area contributed by atoms with Gasteiger partial charge in [-0.05, 0) is 23.9 Å². The van der Waals surface area contributed by atoms with E-state index in [1.807, 2.05) is 23.6 Å². The van der Waals surface area contributed by atoms with E-state index in [9.17, 15) is 14.4 Å². The van der Waals surface area contributed by atoms with Crippen LogP contribution in [0.2, 0.25) is 0 Å². The lowest BCUT2D eigenvalue weighted by atomic mass is 9.73. The number of anilines is 1. The van der Waals surface area contributed by atoms with Gasteiger partial charge in [0.05, 0.1) is 25.7 Å². The van der Waals surface area contributed by atoms with Crippen molar-refractivity contribution < 1.29 is 14.3 Å². The largest absolute Gasteiger partial charge is 0.493 e. The number of aromatic amines is 2. The van der Waals surface area contributed by atoms with E-state index in [4.69, 9.17) is 9.47 Å². The van der Waals surface area contributed by atoms with Gasteiger partial charge in [-0.2, -0.15) is 0 Å². The Morgan fingerprint density at radius 1 is 1.00 bits per heavy atom. The number of methoxy groups -OCH3 is 2. The summed E-state index contributed by atoms with van der Waals surface area (Å²) in [6.07, 6.45) is 0.943. The third-order valence-electron chi connectivity index (χ3n) is 6.03. The van der Waals surface area contributed by atoms with Gasteiger partial charge in [-0.25, -0.2) is 4.79 Å². The number of thiophene rings is 1. The summed E-state index contributed by atoms with van der Waals surface area (Å²) >= 11 is 1.62. The Labute approximate surface area is 186 Å². The van der Waals surface area contributed by atoms with Gasteiger partial charge in [0.15, 0.2) is 17.3 Å². The van der Waals surface area contributed by atoms with Gasteiger partial charge in [-0.3, -0.25) is 19.6 Å². The lowest BCUT2D eigenvalue weighted by Crippen LogP contribution is -2.37. The Hall–Kier alpha value is -3.59. The third kappa shape index (κ3) is 3.16. The second-order valence-electron chi connectivity index (χ2n) is 7.77. The van der Waals surface area contributed by atoms with Crippen LogP contribution in [0.25, 0.3) is 0 Å². The molecule has 0 fully saturated rings. The van der Waals surface area contributed by atoms with Crippen LogP contribution in [0, 0.1) is 0 Å². The van der Waals surface area contributed by atoms with Crippen LogP contribution in [-0.4, -0.2) is 30.0 Å². The molecule has 1 aliphatic heterocycles. The van der Waals surface area contributed by atoms with E-state index in [1.54, 1.807) is 23.5 Å². The molecule has 0 amide bonds. The Morgan fingerprint density at radius 3 is 2.56 bits per heavy atom. The van der Waals surface area contributed by atoms with E-state index in [2.05, 4.69) is 15.3 Å². The highest BCUT2D eigenvalue weighted by molar-refractivity contribution is 7.10. The maximum atomic E-state index is 13.5. The minimum Gasteiger partial charge on any atom is -0.493 e. The molecule has 2 aromatic heterocycles. The van der Waals surface area contributed by atoms with Gasteiger partial charge in [0.2, 0.25) is 0 Å². The highest BCUT2D eigenvalue weighted by Gasteiger charge is 2.41. The number of nitrogens with one attached hydrogen (secondary N) is 3. The van der Waals surface area contributed by atoms with Gasteiger partial charge < -0.3 is 14.8 Å². The number of carbonyl (C=O) groups excluding carboxylic acids is 1. The van der Waals surface area contributed by atoms with Crippen LogP contribution in [0.3, 0.4) is 0 Å². The Kier molecular flexibility index (Phi) is 4.97. The number of allylic oxidation sites excluding steroid dienone is 2. The van der Waals surface area contributed by atoms with E-state index < -0.39 is 17.2 Å². The van der Waals surface area contributed by atoms with Gasteiger partial charge in [0.1, 0.15) is 5.82 Å². The van der Waals surface area contributed by atoms with Crippen LogP contribution < -0.4 is 26.0 Å². The van der Waals surface area contributed by atoms with E-state index in [0.717, 1.165) is 4.88 Å². The number of ether oxygens (including phenoxy) is 2. The Balaban J connectivity index is 1.75. The van der Waals surface area contributed by atoms with Crippen molar-refractivity contribution in [3.63, 3.8) is 0 Å².